The van der Waals surface area contributed by atoms with E-state index >= 15 is 0 Å². The summed E-state index contributed by atoms with van der Waals surface area (Å²) in [5, 5.41) is 13.3. The minimum absolute atomic E-state index is 0.0557. The lowest BCUT2D eigenvalue weighted by molar-refractivity contribution is 0.0697. The van der Waals surface area contributed by atoms with Gasteiger partial charge in [0, 0.05) is 27.3 Å². The molecule has 3 aromatic rings. The molecule has 144 valence electrons. The summed E-state index contributed by atoms with van der Waals surface area (Å²) < 4.78 is 6.89. The van der Waals surface area contributed by atoms with E-state index in [9.17, 15) is 9.90 Å². The number of aromatic carboxylic acids is 1. The lowest BCUT2D eigenvalue weighted by atomic mass is 10.1. The van der Waals surface area contributed by atoms with Crippen LogP contribution in [0.25, 0.3) is 0 Å². The normalized spacial score (nSPS) is 10.5. The first kappa shape index (κ1) is 20.5. The fraction of sp³-hybridized carbons (Fsp3) is 0.0952. The van der Waals surface area contributed by atoms with Gasteiger partial charge < -0.3 is 15.2 Å². The highest BCUT2D eigenvalue weighted by Crippen LogP contribution is 2.26. The molecule has 0 aromatic heterocycles. The average Bonchev–Trinajstić information content (AvgIpc) is 2.67. The van der Waals surface area contributed by atoms with Crippen LogP contribution in [0.3, 0.4) is 0 Å². The second-order valence-electron chi connectivity index (χ2n) is 6.02. The molecule has 7 heteroatoms. The first-order valence-corrected chi connectivity index (χ1v) is 9.89. The molecule has 0 aliphatic rings. The molecule has 0 saturated heterocycles. The van der Waals surface area contributed by atoms with Crippen LogP contribution in [-0.4, -0.2) is 11.1 Å². The Morgan fingerprint density at radius 1 is 1.04 bits per heavy atom. The molecule has 0 fully saturated rings. The van der Waals surface area contributed by atoms with Crippen molar-refractivity contribution in [3.8, 4) is 5.75 Å². The van der Waals surface area contributed by atoms with Gasteiger partial charge >= 0.3 is 5.97 Å². The maximum Gasteiger partial charge on any atom is 0.337 e. The number of carboxylic acids is 1. The number of carbonyl (C=O) groups is 1. The Morgan fingerprint density at radius 2 is 1.79 bits per heavy atom. The Bertz CT molecular complexity index is 993. The summed E-state index contributed by atoms with van der Waals surface area (Å²) in [6.07, 6.45) is 0. The van der Waals surface area contributed by atoms with E-state index in [0.29, 0.717) is 23.9 Å². The minimum Gasteiger partial charge on any atom is -0.489 e. The van der Waals surface area contributed by atoms with Gasteiger partial charge in [-0.15, -0.1) is 0 Å². The number of carboxylic acid groups (broad SMARTS) is 1. The van der Waals surface area contributed by atoms with E-state index in [1.165, 1.54) is 6.07 Å². The van der Waals surface area contributed by atoms with Crippen LogP contribution < -0.4 is 10.1 Å². The molecule has 2 N–H and O–H groups in total. The molecular weight excluding hydrogens is 465 g/mol. The zero-order valence-corrected chi connectivity index (χ0v) is 17.7. The van der Waals surface area contributed by atoms with Crippen molar-refractivity contribution in [1.29, 1.82) is 0 Å². The zero-order valence-electron chi connectivity index (χ0n) is 14.6. The maximum atomic E-state index is 11.2. The van der Waals surface area contributed by atoms with Crippen LogP contribution in [0, 0.1) is 0 Å². The van der Waals surface area contributed by atoms with Crippen LogP contribution in [0.5, 0.6) is 5.75 Å². The number of ether oxygens (including phenoxy) is 1. The molecule has 0 radical (unpaired) electrons. The van der Waals surface area contributed by atoms with Crippen LogP contribution in [0.2, 0.25) is 10.0 Å². The summed E-state index contributed by atoms with van der Waals surface area (Å²) in [6.45, 7) is 0.867. The van der Waals surface area contributed by atoms with E-state index in [4.69, 9.17) is 27.9 Å². The molecule has 28 heavy (non-hydrogen) atoms. The molecule has 0 aliphatic heterocycles. The number of rotatable bonds is 7. The van der Waals surface area contributed by atoms with Crippen molar-refractivity contribution in [1.82, 2.24) is 0 Å². The summed E-state index contributed by atoms with van der Waals surface area (Å²) in [7, 11) is 0. The predicted molar refractivity (Wildman–Crippen MR) is 116 cm³/mol. The first-order chi connectivity index (χ1) is 13.4. The first-order valence-electron chi connectivity index (χ1n) is 8.35. The Hall–Kier alpha value is -2.21. The Labute approximate surface area is 181 Å². The summed E-state index contributed by atoms with van der Waals surface area (Å²) in [4.78, 5) is 11.2. The quantitative estimate of drug-likeness (QED) is 0.397. The van der Waals surface area contributed by atoms with Crippen molar-refractivity contribution < 1.29 is 14.6 Å². The van der Waals surface area contributed by atoms with Gasteiger partial charge in [-0.25, -0.2) is 4.79 Å². The van der Waals surface area contributed by atoms with Crippen LogP contribution >= 0.6 is 39.1 Å². The van der Waals surface area contributed by atoms with E-state index in [0.717, 1.165) is 21.3 Å². The largest absolute Gasteiger partial charge is 0.489 e. The summed E-state index contributed by atoms with van der Waals surface area (Å²) in [5.41, 5.74) is 2.65. The van der Waals surface area contributed by atoms with Crippen molar-refractivity contribution in [3.05, 3.63) is 91.9 Å². The summed E-state index contributed by atoms with van der Waals surface area (Å²) in [5.74, 6) is -0.332. The molecule has 0 bridgehead atoms. The van der Waals surface area contributed by atoms with Crippen LogP contribution in [0.1, 0.15) is 21.5 Å². The van der Waals surface area contributed by atoms with Crippen molar-refractivity contribution >= 4 is 50.8 Å². The Balaban J connectivity index is 1.73. The number of nitrogens with one attached hydrogen (secondary N) is 1. The number of halogens is 3. The van der Waals surface area contributed by atoms with Gasteiger partial charge in [-0.1, -0.05) is 51.3 Å². The second-order valence-corrected chi connectivity index (χ2v) is 7.78. The van der Waals surface area contributed by atoms with Crippen molar-refractivity contribution in [3.63, 3.8) is 0 Å². The molecule has 0 heterocycles. The molecular formula is C21H16BrCl2NO3. The molecule has 4 nitrogen and oxygen atoms in total. The molecule has 0 aliphatic carbocycles. The fourth-order valence-electron chi connectivity index (χ4n) is 2.57. The van der Waals surface area contributed by atoms with E-state index in [1.807, 2.05) is 42.5 Å². The van der Waals surface area contributed by atoms with Crippen molar-refractivity contribution in [2.24, 2.45) is 0 Å². The summed E-state index contributed by atoms with van der Waals surface area (Å²) in [6, 6.07) is 18.0. The smallest absolute Gasteiger partial charge is 0.337 e. The molecule has 3 rings (SSSR count). The molecule has 0 saturated carbocycles. The highest BCUT2D eigenvalue weighted by atomic mass is 79.9. The van der Waals surface area contributed by atoms with Gasteiger partial charge in [-0.3, -0.25) is 0 Å². The van der Waals surface area contributed by atoms with Crippen LogP contribution in [0.4, 0.5) is 5.69 Å². The Morgan fingerprint density at radius 3 is 2.50 bits per heavy atom. The monoisotopic (exact) mass is 479 g/mol. The topological polar surface area (TPSA) is 58.6 Å². The average molecular weight is 481 g/mol. The third kappa shape index (κ3) is 5.41. The van der Waals surface area contributed by atoms with Crippen LogP contribution in [-0.2, 0) is 13.2 Å². The highest BCUT2D eigenvalue weighted by Gasteiger charge is 2.10. The molecule has 0 spiro atoms. The third-order valence-corrected chi connectivity index (χ3v) is 5.08. The molecule has 3 aromatic carbocycles. The van der Waals surface area contributed by atoms with Gasteiger partial charge in [0.25, 0.3) is 0 Å². The van der Waals surface area contributed by atoms with Gasteiger partial charge in [-0.05, 0) is 54.1 Å². The van der Waals surface area contributed by atoms with Gasteiger partial charge in [-0.2, -0.15) is 0 Å². The lowest BCUT2D eigenvalue weighted by Crippen LogP contribution is -2.05. The number of hydrogen-bond donors (Lipinski definition) is 2. The highest BCUT2D eigenvalue weighted by molar-refractivity contribution is 9.10. The third-order valence-electron chi connectivity index (χ3n) is 4.01. The van der Waals surface area contributed by atoms with Gasteiger partial charge in [0.1, 0.15) is 12.4 Å². The van der Waals surface area contributed by atoms with Gasteiger partial charge in [0.05, 0.1) is 10.6 Å². The van der Waals surface area contributed by atoms with Crippen molar-refractivity contribution in [2.45, 2.75) is 13.2 Å². The van der Waals surface area contributed by atoms with E-state index in [1.54, 1.807) is 12.1 Å². The van der Waals surface area contributed by atoms with E-state index < -0.39 is 5.97 Å². The van der Waals surface area contributed by atoms with Gasteiger partial charge in [0.15, 0.2) is 0 Å². The second kappa shape index (κ2) is 9.32. The number of benzene rings is 3. The van der Waals surface area contributed by atoms with Gasteiger partial charge in [0.2, 0.25) is 0 Å². The minimum atomic E-state index is -1.07. The fourth-order valence-corrected chi connectivity index (χ4v) is 3.30. The Kier molecular flexibility index (Phi) is 6.83. The SMILES string of the molecule is O=C(O)c1cc(NCc2cc(Br)ccc2OCc2ccc(Cl)cc2)ccc1Cl. The maximum absolute atomic E-state index is 11.2. The standard InChI is InChI=1S/C21H16BrCl2NO3/c22-15-3-8-20(28-12-13-1-4-16(23)5-2-13)14(9-15)11-25-17-6-7-19(24)18(10-17)21(26)27/h1-10,25H,11-12H2,(H,26,27). The zero-order chi connectivity index (χ0) is 20.1. The molecule has 0 amide bonds. The van der Waals surface area contributed by atoms with Crippen LogP contribution in [0.15, 0.2) is 65.1 Å². The number of anilines is 1. The molecule has 0 unspecified atom stereocenters. The summed E-state index contributed by atoms with van der Waals surface area (Å²) >= 11 is 15.3. The molecule has 0 atom stereocenters. The predicted octanol–water partition coefficient (Wildman–Crippen LogP) is 6.65. The van der Waals surface area contributed by atoms with E-state index in [2.05, 4.69) is 21.2 Å². The van der Waals surface area contributed by atoms with E-state index in [-0.39, 0.29) is 10.6 Å². The lowest BCUT2D eigenvalue weighted by Gasteiger charge is -2.14. The number of hydrogen-bond acceptors (Lipinski definition) is 3. The van der Waals surface area contributed by atoms with Crippen molar-refractivity contribution in [2.75, 3.05) is 5.32 Å².